The van der Waals surface area contributed by atoms with Gasteiger partial charge < -0.3 is 15.0 Å². The van der Waals surface area contributed by atoms with Gasteiger partial charge in [0.25, 0.3) is 5.91 Å². The monoisotopic (exact) mass is 451 g/mol. The van der Waals surface area contributed by atoms with Gasteiger partial charge in [-0.05, 0) is 87.5 Å². The van der Waals surface area contributed by atoms with Crippen LogP contribution in [0.25, 0.3) is 11.6 Å². The number of fused-ring (bicyclic) bond motifs is 1. The van der Waals surface area contributed by atoms with E-state index in [1.807, 2.05) is 51.2 Å². The van der Waals surface area contributed by atoms with Crippen LogP contribution in [0.15, 0.2) is 52.4 Å². The van der Waals surface area contributed by atoms with Gasteiger partial charge in [0, 0.05) is 23.9 Å². The minimum absolute atomic E-state index is 0.197. The van der Waals surface area contributed by atoms with Gasteiger partial charge in [-0.1, -0.05) is 6.08 Å². The lowest BCUT2D eigenvalue weighted by atomic mass is 9.88. The number of nitrogens with zero attached hydrogens (tertiary/aromatic N) is 2. The lowest BCUT2D eigenvalue weighted by Crippen LogP contribution is -2.42. The van der Waals surface area contributed by atoms with Crippen molar-refractivity contribution >= 4 is 45.9 Å². The number of carbonyl (C=O) groups is 1. The van der Waals surface area contributed by atoms with Gasteiger partial charge in [-0.25, -0.2) is 9.38 Å². The molecular formula is C25H26FN3O2S. The van der Waals surface area contributed by atoms with Crippen LogP contribution in [0.3, 0.4) is 0 Å². The highest BCUT2D eigenvalue weighted by Crippen LogP contribution is 2.40. The number of carbonyl (C=O) groups excluding carboxylic acids is 1. The summed E-state index contributed by atoms with van der Waals surface area (Å²) in [6.07, 6.45) is 3.76. The third-order valence-electron chi connectivity index (χ3n) is 5.65. The van der Waals surface area contributed by atoms with Gasteiger partial charge in [-0.2, -0.15) is 0 Å². The van der Waals surface area contributed by atoms with Gasteiger partial charge in [0.1, 0.15) is 11.6 Å². The number of benzene rings is 2. The van der Waals surface area contributed by atoms with Gasteiger partial charge in [0.05, 0.1) is 22.7 Å². The fraction of sp³-hybridized carbons (Fsp3) is 0.280. The summed E-state index contributed by atoms with van der Waals surface area (Å²) in [7, 11) is 1.96. The summed E-state index contributed by atoms with van der Waals surface area (Å²) in [5.41, 5.74) is 3.77. The molecule has 5 nitrogen and oxygen atoms in total. The summed E-state index contributed by atoms with van der Waals surface area (Å²) >= 11 is 1.20. The van der Waals surface area contributed by atoms with E-state index in [1.165, 1.54) is 11.8 Å². The Kier molecular flexibility index (Phi) is 5.86. The van der Waals surface area contributed by atoms with E-state index < -0.39 is 0 Å². The summed E-state index contributed by atoms with van der Waals surface area (Å²) in [4.78, 5) is 19.4. The molecule has 1 fully saturated rings. The molecule has 1 N–H and O–H groups in total. The highest BCUT2D eigenvalue weighted by Gasteiger charge is 2.30. The van der Waals surface area contributed by atoms with E-state index in [9.17, 15) is 9.18 Å². The number of likely N-dealkylation sites (N-methyl/N-ethyl adjacent to an activating group) is 1. The molecule has 1 amide bonds. The van der Waals surface area contributed by atoms with Crippen molar-refractivity contribution in [3.05, 3.63) is 64.3 Å². The van der Waals surface area contributed by atoms with Crippen LogP contribution in [0.1, 0.15) is 38.8 Å². The van der Waals surface area contributed by atoms with E-state index >= 15 is 0 Å². The number of amidine groups is 1. The topological polar surface area (TPSA) is 53.9 Å². The Hall–Kier alpha value is -3.06. The molecule has 166 valence electrons. The number of anilines is 1. The number of nitrogens with one attached hydrogen (secondary N) is 1. The smallest absolute Gasteiger partial charge is 0.264 e. The largest absolute Gasteiger partial charge is 0.494 e. The van der Waals surface area contributed by atoms with Gasteiger partial charge in [0.2, 0.25) is 0 Å². The highest BCUT2D eigenvalue weighted by atomic mass is 32.2. The third-order valence-corrected chi connectivity index (χ3v) is 6.56. The van der Waals surface area contributed by atoms with Gasteiger partial charge in [-0.3, -0.25) is 4.79 Å². The highest BCUT2D eigenvalue weighted by molar-refractivity contribution is 8.18. The molecule has 32 heavy (non-hydrogen) atoms. The Morgan fingerprint density at radius 1 is 1.25 bits per heavy atom. The molecule has 0 bridgehead atoms. The Morgan fingerprint density at radius 3 is 2.66 bits per heavy atom. The van der Waals surface area contributed by atoms with Crippen molar-refractivity contribution < 1.29 is 13.9 Å². The predicted octanol–water partition coefficient (Wildman–Crippen LogP) is 5.75. The molecule has 2 heterocycles. The second kappa shape index (κ2) is 8.47. The van der Waals surface area contributed by atoms with E-state index in [4.69, 9.17) is 4.74 Å². The summed E-state index contributed by atoms with van der Waals surface area (Å²) < 4.78 is 20.4. The van der Waals surface area contributed by atoms with Crippen molar-refractivity contribution in [2.75, 3.05) is 18.6 Å². The van der Waals surface area contributed by atoms with E-state index in [2.05, 4.69) is 35.1 Å². The van der Waals surface area contributed by atoms with E-state index in [0.29, 0.717) is 27.9 Å². The van der Waals surface area contributed by atoms with Crippen molar-refractivity contribution in [2.45, 2.75) is 33.2 Å². The molecule has 0 aliphatic carbocycles. The zero-order chi connectivity index (χ0) is 23.0. The fourth-order valence-corrected chi connectivity index (χ4v) is 4.65. The number of rotatable bonds is 4. The standard InChI is InChI=1S/C25H26FN3O2S/c1-6-31-18-9-7-17(8-10-18)27-24-28-23(30)22(32-24)12-16-11-19-15(2)14-25(3,4)29(5)21(19)13-20(16)26/h7-14H,6H2,1-5H3,(H,27,28,30)/b22-12+. The van der Waals surface area contributed by atoms with Crippen LogP contribution in [-0.2, 0) is 4.79 Å². The van der Waals surface area contributed by atoms with Crippen LogP contribution in [0.4, 0.5) is 15.8 Å². The molecule has 7 heteroatoms. The van der Waals surface area contributed by atoms with Crippen LogP contribution < -0.4 is 15.0 Å². The molecule has 0 atom stereocenters. The minimum atomic E-state index is -0.362. The Morgan fingerprint density at radius 2 is 1.97 bits per heavy atom. The Labute approximate surface area is 192 Å². The minimum Gasteiger partial charge on any atom is -0.494 e. The van der Waals surface area contributed by atoms with Crippen LogP contribution in [0.2, 0.25) is 0 Å². The molecule has 0 aromatic heterocycles. The Balaban J connectivity index is 1.61. The Bertz CT molecular complexity index is 1170. The summed E-state index contributed by atoms with van der Waals surface area (Å²) in [5, 5.41) is 3.21. The first-order valence-electron chi connectivity index (χ1n) is 10.5. The number of allylic oxidation sites excluding steroid dienone is 1. The molecule has 2 aliphatic rings. The van der Waals surface area contributed by atoms with Crippen molar-refractivity contribution in [2.24, 2.45) is 4.99 Å². The first kappa shape index (κ1) is 22.1. The predicted molar refractivity (Wildman–Crippen MR) is 131 cm³/mol. The number of hydrogen-bond acceptors (Lipinski definition) is 5. The maximum absolute atomic E-state index is 15.0. The quantitative estimate of drug-likeness (QED) is 0.602. The lowest BCUT2D eigenvalue weighted by molar-refractivity contribution is -0.115. The van der Waals surface area contributed by atoms with Crippen molar-refractivity contribution in [1.82, 2.24) is 5.32 Å². The number of hydrogen-bond donors (Lipinski definition) is 1. The fourth-order valence-electron chi connectivity index (χ4n) is 3.82. The molecule has 0 radical (unpaired) electrons. The van der Waals surface area contributed by atoms with Gasteiger partial charge >= 0.3 is 0 Å². The summed E-state index contributed by atoms with van der Waals surface area (Å²) in [5.74, 6) is 0.114. The third kappa shape index (κ3) is 4.30. The maximum Gasteiger partial charge on any atom is 0.264 e. The van der Waals surface area contributed by atoms with Crippen LogP contribution >= 0.6 is 11.8 Å². The number of amides is 1. The average molecular weight is 452 g/mol. The molecule has 0 saturated carbocycles. The molecular weight excluding hydrogens is 425 g/mol. The first-order valence-corrected chi connectivity index (χ1v) is 11.3. The van der Waals surface area contributed by atoms with Crippen LogP contribution in [0.5, 0.6) is 5.75 Å². The van der Waals surface area contributed by atoms with E-state index in [-0.39, 0.29) is 17.3 Å². The second-order valence-electron chi connectivity index (χ2n) is 8.34. The summed E-state index contributed by atoms with van der Waals surface area (Å²) in [6.45, 7) is 8.74. The van der Waals surface area contributed by atoms with Gasteiger partial charge in [0.15, 0.2) is 5.17 Å². The number of thioether (sulfide) groups is 1. The summed E-state index contributed by atoms with van der Waals surface area (Å²) in [6, 6.07) is 10.7. The molecule has 4 rings (SSSR count). The average Bonchev–Trinajstić information content (AvgIpc) is 3.07. The SMILES string of the molecule is CCOc1ccc(N=C2NC(=O)/C(=C\c3cc4c(cc3F)N(C)C(C)(C)C=C4C)S2)cc1. The van der Waals surface area contributed by atoms with E-state index in [0.717, 1.165) is 22.6 Å². The molecule has 0 spiro atoms. The molecule has 2 aromatic rings. The van der Waals surface area contributed by atoms with Crippen molar-refractivity contribution in [1.29, 1.82) is 0 Å². The normalized spacial score (nSPS) is 19.8. The second-order valence-corrected chi connectivity index (χ2v) is 9.37. The number of aliphatic imine (C=N–C) groups is 1. The van der Waals surface area contributed by atoms with Crippen LogP contribution in [-0.4, -0.2) is 30.3 Å². The zero-order valence-electron chi connectivity index (χ0n) is 18.8. The number of halogens is 1. The molecule has 2 aliphatic heterocycles. The molecule has 1 saturated heterocycles. The van der Waals surface area contributed by atoms with Crippen molar-refractivity contribution in [3.8, 4) is 5.75 Å². The first-order chi connectivity index (χ1) is 15.2. The molecule has 2 aromatic carbocycles. The number of ether oxygens (including phenoxy) is 1. The lowest BCUT2D eigenvalue weighted by Gasteiger charge is -2.40. The van der Waals surface area contributed by atoms with Crippen molar-refractivity contribution in [3.63, 3.8) is 0 Å². The van der Waals surface area contributed by atoms with E-state index in [1.54, 1.807) is 12.1 Å². The molecule has 0 unspecified atom stereocenters. The zero-order valence-corrected chi connectivity index (χ0v) is 19.6. The van der Waals surface area contributed by atoms with Crippen LogP contribution in [0, 0.1) is 5.82 Å². The van der Waals surface area contributed by atoms with Gasteiger partial charge in [-0.15, -0.1) is 0 Å². The maximum atomic E-state index is 15.0.